The van der Waals surface area contributed by atoms with Gasteiger partial charge >= 0.3 is 21.1 Å². The molecular weight excluding hydrogens is 301 g/mol. The van der Waals surface area contributed by atoms with Gasteiger partial charge in [0.25, 0.3) is 0 Å². The number of rotatable bonds is 0. The number of hydrogen-bond acceptors (Lipinski definition) is 0. The standard InChI is InChI=1S/3ClH.Pt/h3*1H;/q;;;+4/p-3. The van der Waals surface area contributed by atoms with Crippen LogP contribution in [-0.4, -0.2) is 0 Å². The zero-order valence-corrected chi connectivity index (χ0v) is 5.99. The summed E-state index contributed by atoms with van der Waals surface area (Å²) in [7, 11) is 0. The summed E-state index contributed by atoms with van der Waals surface area (Å²) in [6.07, 6.45) is 0. The van der Waals surface area contributed by atoms with Crippen molar-refractivity contribution in [2.75, 3.05) is 0 Å². The first-order chi connectivity index (χ1) is 0. The largest absolute Gasteiger partial charge is 4.00 e. The van der Waals surface area contributed by atoms with Gasteiger partial charge < -0.3 is 37.2 Å². The zero-order chi connectivity index (χ0) is 0. The second-order valence-electron chi connectivity index (χ2n) is 0. The first-order valence-corrected chi connectivity index (χ1v) is 0. The Bertz CT molecular complexity index is 3.25. The van der Waals surface area contributed by atoms with Crippen LogP contribution in [0.5, 0.6) is 0 Å². The van der Waals surface area contributed by atoms with Crippen molar-refractivity contribution in [2.24, 2.45) is 0 Å². The van der Waals surface area contributed by atoms with E-state index >= 15 is 0 Å². The SMILES string of the molecule is [Cl-].[Cl-].[Cl-].[Pt+4]. The van der Waals surface area contributed by atoms with Gasteiger partial charge in [-0.15, -0.1) is 0 Å². The van der Waals surface area contributed by atoms with Gasteiger partial charge in [-0.1, -0.05) is 0 Å². The van der Waals surface area contributed by atoms with E-state index in [1.165, 1.54) is 0 Å². The Morgan fingerprint density at radius 1 is 0.500 bits per heavy atom. The third kappa shape index (κ3) is 9.59. The first-order valence-electron chi connectivity index (χ1n) is 0. The number of halogens is 3. The Morgan fingerprint density at radius 2 is 0.500 bits per heavy atom. The van der Waals surface area contributed by atoms with Gasteiger partial charge in [0.2, 0.25) is 0 Å². The van der Waals surface area contributed by atoms with Crippen molar-refractivity contribution in [2.45, 2.75) is 0 Å². The van der Waals surface area contributed by atoms with Gasteiger partial charge in [-0.2, -0.15) is 0 Å². The summed E-state index contributed by atoms with van der Waals surface area (Å²) >= 11 is 0. The summed E-state index contributed by atoms with van der Waals surface area (Å²) in [6, 6.07) is 0. The molecule has 0 aromatic heterocycles. The van der Waals surface area contributed by atoms with Gasteiger partial charge in [-0.3, -0.25) is 0 Å². The van der Waals surface area contributed by atoms with Crippen molar-refractivity contribution >= 4 is 0 Å². The van der Waals surface area contributed by atoms with E-state index in [-0.39, 0.29) is 58.3 Å². The maximum absolute atomic E-state index is 0. The molecule has 0 N–H and O–H groups in total. The molecule has 0 bridgehead atoms. The molecule has 0 fully saturated rings. The molecule has 0 heterocycles. The van der Waals surface area contributed by atoms with E-state index in [1.807, 2.05) is 0 Å². The summed E-state index contributed by atoms with van der Waals surface area (Å²) < 4.78 is 0. The van der Waals surface area contributed by atoms with Crippen molar-refractivity contribution in [3.05, 3.63) is 0 Å². The topological polar surface area (TPSA) is 0 Å². The Hall–Kier alpha value is 1.56. The molecule has 0 aromatic rings. The minimum Gasteiger partial charge on any atom is -1.00 e. The predicted molar refractivity (Wildman–Crippen MR) is 0 cm³/mol. The second kappa shape index (κ2) is 23.8. The van der Waals surface area contributed by atoms with Gasteiger partial charge in [0.1, 0.15) is 0 Å². The van der Waals surface area contributed by atoms with Crippen LogP contribution in [0.25, 0.3) is 0 Å². The maximum Gasteiger partial charge on any atom is 4.00 e. The average Bonchev–Trinajstić information content (AvgIpc) is 0. The Morgan fingerprint density at radius 3 is 0.500 bits per heavy atom. The fourth-order valence-electron chi connectivity index (χ4n) is 0. The van der Waals surface area contributed by atoms with Gasteiger partial charge in [0.15, 0.2) is 0 Å². The summed E-state index contributed by atoms with van der Waals surface area (Å²) in [5.41, 5.74) is 0. The minimum absolute atomic E-state index is 0. The average molecular weight is 301 g/mol. The van der Waals surface area contributed by atoms with Crippen LogP contribution in [0.4, 0.5) is 0 Å². The molecule has 0 nitrogen and oxygen atoms in total. The molecule has 30 valence electrons. The Balaban J connectivity index is 0. The molecule has 0 aliphatic carbocycles. The van der Waals surface area contributed by atoms with Crippen LogP contribution in [0.3, 0.4) is 0 Å². The quantitative estimate of drug-likeness (QED) is 0.417. The number of hydrogen-bond donors (Lipinski definition) is 0. The third-order valence-electron chi connectivity index (χ3n) is 0. The molecule has 0 radical (unpaired) electrons. The fraction of sp³-hybridized carbons (Fsp3) is 0. The van der Waals surface area contributed by atoms with Gasteiger partial charge in [0, 0.05) is 0 Å². The van der Waals surface area contributed by atoms with Crippen molar-refractivity contribution in [3.63, 3.8) is 0 Å². The molecule has 0 saturated carbocycles. The van der Waals surface area contributed by atoms with Gasteiger partial charge in [-0.25, -0.2) is 0 Å². The monoisotopic (exact) mass is 300 g/mol. The van der Waals surface area contributed by atoms with E-state index in [0.29, 0.717) is 0 Å². The van der Waals surface area contributed by atoms with Crippen LogP contribution in [0, 0.1) is 0 Å². The fourth-order valence-corrected chi connectivity index (χ4v) is 0. The molecule has 4 heavy (non-hydrogen) atoms. The second-order valence-corrected chi connectivity index (χ2v) is 0. The molecule has 0 unspecified atom stereocenters. The molecule has 4 heteroatoms. The van der Waals surface area contributed by atoms with Crippen molar-refractivity contribution in [1.82, 2.24) is 0 Å². The normalized spacial score (nSPS) is 0. The van der Waals surface area contributed by atoms with Crippen LogP contribution in [0.15, 0.2) is 0 Å². The van der Waals surface area contributed by atoms with E-state index in [9.17, 15) is 0 Å². The van der Waals surface area contributed by atoms with Gasteiger partial charge in [0.05, 0.1) is 0 Å². The van der Waals surface area contributed by atoms with Crippen molar-refractivity contribution in [1.29, 1.82) is 0 Å². The molecule has 0 amide bonds. The molecule has 0 rings (SSSR count). The molecule has 0 aliphatic heterocycles. The van der Waals surface area contributed by atoms with Crippen LogP contribution in [-0.2, 0) is 21.1 Å². The minimum atomic E-state index is 0. The molecule has 0 aromatic carbocycles. The van der Waals surface area contributed by atoms with Crippen LogP contribution in [0.1, 0.15) is 0 Å². The first kappa shape index (κ1) is 47.6. The van der Waals surface area contributed by atoms with E-state index in [1.54, 1.807) is 0 Å². The Kier molecular flexibility index (Phi) is 283. The van der Waals surface area contributed by atoms with Crippen molar-refractivity contribution in [3.8, 4) is 0 Å². The molecule has 0 aliphatic rings. The Labute approximate surface area is 58.2 Å². The van der Waals surface area contributed by atoms with E-state index < -0.39 is 0 Å². The summed E-state index contributed by atoms with van der Waals surface area (Å²) in [5, 5.41) is 0. The van der Waals surface area contributed by atoms with Crippen LogP contribution in [0.2, 0.25) is 0 Å². The summed E-state index contributed by atoms with van der Waals surface area (Å²) in [5.74, 6) is 0. The van der Waals surface area contributed by atoms with Gasteiger partial charge in [-0.05, 0) is 0 Å². The third-order valence-corrected chi connectivity index (χ3v) is 0. The van der Waals surface area contributed by atoms with Crippen LogP contribution < -0.4 is 37.2 Å². The molecule has 0 atom stereocenters. The predicted octanol–water partition coefficient (Wildman–Crippen LogP) is -8.99. The summed E-state index contributed by atoms with van der Waals surface area (Å²) in [6.45, 7) is 0. The maximum atomic E-state index is 0. The molecule has 0 spiro atoms. The smallest absolute Gasteiger partial charge is 1.00 e. The van der Waals surface area contributed by atoms with E-state index in [2.05, 4.69) is 0 Å². The summed E-state index contributed by atoms with van der Waals surface area (Å²) in [4.78, 5) is 0. The van der Waals surface area contributed by atoms with Crippen molar-refractivity contribution < 1.29 is 58.3 Å². The van der Waals surface area contributed by atoms with E-state index in [4.69, 9.17) is 0 Å². The van der Waals surface area contributed by atoms with Crippen LogP contribution >= 0.6 is 0 Å². The zero-order valence-electron chi connectivity index (χ0n) is 1.45. The molecule has 0 saturated heterocycles. The molecular formula is Cl3Pt+. The van der Waals surface area contributed by atoms with E-state index in [0.717, 1.165) is 0 Å².